The quantitative estimate of drug-likeness (QED) is 0.942. The van der Waals surface area contributed by atoms with Gasteiger partial charge in [0.25, 0.3) is 5.91 Å². The molecule has 0 radical (unpaired) electrons. The van der Waals surface area contributed by atoms with Crippen LogP contribution in [0.4, 0.5) is 16.2 Å². The van der Waals surface area contributed by atoms with Crippen molar-refractivity contribution in [2.45, 2.75) is 13.2 Å². The van der Waals surface area contributed by atoms with Crippen molar-refractivity contribution in [2.24, 2.45) is 0 Å². The summed E-state index contributed by atoms with van der Waals surface area (Å²) in [4.78, 5) is 25.6. The van der Waals surface area contributed by atoms with Crippen LogP contribution in [0.25, 0.3) is 0 Å². The molecule has 6 nitrogen and oxygen atoms in total. The predicted molar refractivity (Wildman–Crippen MR) is 88.0 cm³/mol. The third kappa shape index (κ3) is 2.72. The van der Waals surface area contributed by atoms with Gasteiger partial charge < -0.3 is 14.8 Å². The Balaban J connectivity index is 1.53. The summed E-state index contributed by atoms with van der Waals surface area (Å²) in [5.74, 6) is -0.219. The van der Waals surface area contributed by atoms with E-state index in [0.29, 0.717) is 37.6 Å². The molecule has 0 atom stereocenters. The number of amides is 2. The summed E-state index contributed by atoms with van der Waals surface area (Å²) < 4.78 is 10.3. The second kappa shape index (κ2) is 5.98. The summed E-state index contributed by atoms with van der Waals surface area (Å²) in [5.41, 5.74) is 4.13. The Hall–Kier alpha value is -2.86. The molecule has 0 spiro atoms. The highest BCUT2D eigenvalue weighted by molar-refractivity contribution is 6.05. The first-order chi connectivity index (χ1) is 11.7. The number of nitrogens with one attached hydrogen (secondary N) is 1. The molecular weight excluding hydrogens is 308 g/mol. The molecule has 0 saturated carbocycles. The maximum Gasteiger partial charge on any atom is 0.414 e. The Labute approximate surface area is 139 Å². The smallest absolute Gasteiger partial charge is 0.414 e. The normalized spacial score (nSPS) is 16.0. The van der Waals surface area contributed by atoms with Crippen LogP contribution in [-0.4, -0.2) is 25.2 Å². The van der Waals surface area contributed by atoms with Crippen molar-refractivity contribution in [1.29, 1.82) is 0 Å². The van der Waals surface area contributed by atoms with Gasteiger partial charge in [-0.1, -0.05) is 12.1 Å². The van der Waals surface area contributed by atoms with Crippen LogP contribution in [0.15, 0.2) is 42.5 Å². The average molecular weight is 324 g/mol. The van der Waals surface area contributed by atoms with Crippen molar-refractivity contribution < 1.29 is 19.1 Å². The maximum absolute atomic E-state index is 12.5. The molecule has 2 amide bonds. The van der Waals surface area contributed by atoms with E-state index in [1.165, 1.54) is 4.90 Å². The molecule has 2 aliphatic heterocycles. The van der Waals surface area contributed by atoms with E-state index in [1.54, 1.807) is 24.3 Å². The number of ether oxygens (including phenoxy) is 2. The van der Waals surface area contributed by atoms with Crippen molar-refractivity contribution in [3.63, 3.8) is 0 Å². The second-order valence-corrected chi connectivity index (χ2v) is 5.75. The fraction of sp³-hybridized carbons (Fsp3) is 0.222. The molecule has 6 heteroatoms. The molecule has 0 unspecified atom stereocenters. The fourth-order valence-corrected chi connectivity index (χ4v) is 2.90. The number of carbonyl (C=O) groups excluding carboxylic acids is 2. The van der Waals surface area contributed by atoms with Crippen LogP contribution in [0.2, 0.25) is 0 Å². The molecule has 2 aromatic carbocycles. The van der Waals surface area contributed by atoms with Crippen molar-refractivity contribution in [2.75, 3.05) is 23.4 Å². The first kappa shape index (κ1) is 14.7. The minimum Gasteiger partial charge on any atom is -0.447 e. The van der Waals surface area contributed by atoms with E-state index < -0.39 is 0 Å². The molecule has 1 N–H and O–H groups in total. The Morgan fingerprint density at radius 2 is 1.96 bits per heavy atom. The lowest BCUT2D eigenvalue weighted by molar-refractivity contribution is 0.102. The fourth-order valence-electron chi connectivity index (χ4n) is 2.90. The molecule has 0 bridgehead atoms. The first-order valence-corrected chi connectivity index (χ1v) is 7.76. The zero-order valence-electron chi connectivity index (χ0n) is 13.0. The number of fused-ring (bicyclic) bond motifs is 1. The lowest BCUT2D eigenvalue weighted by Crippen LogP contribution is -2.23. The number of carbonyl (C=O) groups is 2. The zero-order valence-corrected chi connectivity index (χ0v) is 13.0. The van der Waals surface area contributed by atoms with Gasteiger partial charge in [0.2, 0.25) is 0 Å². The van der Waals surface area contributed by atoms with Gasteiger partial charge >= 0.3 is 6.09 Å². The molecule has 2 aliphatic rings. The van der Waals surface area contributed by atoms with Gasteiger partial charge in [-0.25, -0.2) is 4.79 Å². The van der Waals surface area contributed by atoms with Crippen LogP contribution in [0.3, 0.4) is 0 Å². The van der Waals surface area contributed by atoms with Gasteiger partial charge in [-0.05, 0) is 41.5 Å². The van der Waals surface area contributed by atoms with Crippen LogP contribution in [0, 0.1) is 0 Å². The lowest BCUT2D eigenvalue weighted by atomic mass is 10.1. The monoisotopic (exact) mass is 324 g/mol. The summed E-state index contributed by atoms with van der Waals surface area (Å²) in [6.45, 7) is 2.06. The highest BCUT2D eigenvalue weighted by Gasteiger charge is 2.24. The molecule has 1 fully saturated rings. The number of hydrogen-bond donors (Lipinski definition) is 1. The van der Waals surface area contributed by atoms with Crippen LogP contribution in [-0.2, 0) is 22.7 Å². The van der Waals surface area contributed by atoms with E-state index in [4.69, 9.17) is 9.47 Å². The molecule has 0 aliphatic carbocycles. The minimum atomic E-state index is -0.383. The minimum absolute atomic E-state index is 0.219. The molecule has 0 aromatic heterocycles. The average Bonchev–Trinajstić information content (AvgIpc) is 3.23. The number of hydrogen-bond acceptors (Lipinski definition) is 4. The van der Waals surface area contributed by atoms with E-state index in [2.05, 4.69) is 5.32 Å². The van der Waals surface area contributed by atoms with Gasteiger partial charge in [0.1, 0.15) is 6.61 Å². The van der Waals surface area contributed by atoms with Crippen LogP contribution < -0.4 is 10.2 Å². The third-order valence-corrected chi connectivity index (χ3v) is 4.16. The number of benzene rings is 2. The number of rotatable bonds is 3. The van der Waals surface area contributed by atoms with Gasteiger partial charge in [-0.2, -0.15) is 0 Å². The summed E-state index contributed by atoms with van der Waals surface area (Å²) in [6.07, 6.45) is -0.383. The van der Waals surface area contributed by atoms with Gasteiger partial charge in [0, 0.05) is 16.9 Å². The number of anilines is 2. The van der Waals surface area contributed by atoms with Crippen molar-refractivity contribution in [1.82, 2.24) is 0 Å². The lowest BCUT2D eigenvalue weighted by Gasteiger charge is -2.14. The van der Waals surface area contributed by atoms with Crippen LogP contribution in [0.1, 0.15) is 21.5 Å². The maximum atomic E-state index is 12.5. The second-order valence-electron chi connectivity index (χ2n) is 5.75. The summed E-state index contributed by atoms with van der Waals surface area (Å²) >= 11 is 0. The van der Waals surface area contributed by atoms with Crippen LogP contribution in [0.5, 0.6) is 0 Å². The highest BCUT2D eigenvalue weighted by Crippen LogP contribution is 2.24. The van der Waals surface area contributed by atoms with Gasteiger partial charge in [0.05, 0.1) is 19.8 Å². The zero-order chi connectivity index (χ0) is 16.5. The number of nitrogens with zero attached hydrogens (tertiary/aromatic N) is 1. The van der Waals surface area contributed by atoms with Crippen molar-refractivity contribution in [3.8, 4) is 0 Å². The molecule has 122 valence electrons. The molecule has 4 rings (SSSR count). The van der Waals surface area contributed by atoms with E-state index >= 15 is 0 Å². The summed E-state index contributed by atoms with van der Waals surface area (Å²) in [5, 5.41) is 2.89. The largest absolute Gasteiger partial charge is 0.447 e. The van der Waals surface area contributed by atoms with E-state index in [-0.39, 0.29) is 12.0 Å². The van der Waals surface area contributed by atoms with Crippen molar-refractivity contribution in [3.05, 3.63) is 59.2 Å². The highest BCUT2D eigenvalue weighted by atomic mass is 16.6. The predicted octanol–water partition coefficient (Wildman–Crippen LogP) is 2.93. The Bertz CT molecular complexity index is 818. The standard InChI is InChI=1S/C18H16N2O4/c21-17(19-15-5-4-13-10-23-11-14(13)8-15)12-2-1-3-16(9-12)20-6-7-24-18(20)22/h1-5,8-9H,6-7,10-11H2,(H,19,21). The van der Waals surface area contributed by atoms with Gasteiger partial charge in [-0.15, -0.1) is 0 Å². The summed E-state index contributed by atoms with van der Waals surface area (Å²) in [6, 6.07) is 12.7. The summed E-state index contributed by atoms with van der Waals surface area (Å²) in [7, 11) is 0. The van der Waals surface area contributed by atoms with Crippen molar-refractivity contribution >= 4 is 23.4 Å². The molecule has 1 saturated heterocycles. The SMILES string of the molecule is O=C(Nc1ccc2c(c1)COC2)c1cccc(N2CCOC2=O)c1. The molecular formula is C18H16N2O4. The Kier molecular flexibility index (Phi) is 3.66. The molecule has 24 heavy (non-hydrogen) atoms. The Morgan fingerprint density at radius 3 is 2.79 bits per heavy atom. The Morgan fingerprint density at radius 1 is 1.08 bits per heavy atom. The van der Waals surface area contributed by atoms with Crippen LogP contribution >= 0.6 is 0 Å². The van der Waals surface area contributed by atoms with Gasteiger partial charge in [0.15, 0.2) is 0 Å². The molecule has 2 heterocycles. The van der Waals surface area contributed by atoms with E-state index in [1.807, 2.05) is 18.2 Å². The van der Waals surface area contributed by atoms with E-state index in [0.717, 1.165) is 16.8 Å². The van der Waals surface area contributed by atoms with E-state index in [9.17, 15) is 9.59 Å². The topological polar surface area (TPSA) is 67.9 Å². The molecule has 2 aromatic rings. The third-order valence-electron chi connectivity index (χ3n) is 4.16. The number of cyclic esters (lactones) is 1. The first-order valence-electron chi connectivity index (χ1n) is 7.76. The van der Waals surface area contributed by atoms with Gasteiger partial charge in [-0.3, -0.25) is 9.69 Å².